The van der Waals surface area contributed by atoms with Gasteiger partial charge in [-0.05, 0) is 56.4 Å². The van der Waals surface area contributed by atoms with Gasteiger partial charge in [-0.15, -0.1) is 0 Å². The molecule has 3 aliphatic rings. The second kappa shape index (κ2) is 4.06. The number of hydrogen-bond acceptors (Lipinski definition) is 2. The zero-order valence-corrected chi connectivity index (χ0v) is 9.70. The first-order chi connectivity index (χ1) is 7.36. The molecule has 0 aromatic rings. The Hall–Kier alpha value is -0.0800. The minimum absolute atomic E-state index is 0.712. The highest BCUT2D eigenvalue weighted by atomic mass is 15.2. The van der Waals surface area contributed by atoms with Crippen LogP contribution in [0.4, 0.5) is 0 Å². The summed E-state index contributed by atoms with van der Waals surface area (Å²) in [6, 6.07) is 0.712. The number of hydrogen-bond donors (Lipinski definition) is 1. The Labute approximate surface area is 93.2 Å². The highest BCUT2D eigenvalue weighted by molar-refractivity contribution is 4.93. The van der Waals surface area contributed by atoms with E-state index in [1.807, 2.05) is 0 Å². The lowest BCUT2D eigenvalue weighted by Gasteiger charge is -2.30. The molecule has 0 aromatic heterocycles. The molecule has 1 aliphatic heterocycles. The fourth-order valence-electron chi connectivity index (χ4n) is 4.30. The van der Waals surface area contributed by atoms with Crippen molar-refractivity contribution in [2.75, 3.05) is 19.6 Å². The minimum atomic E-state index is 0.712. The SMILES string of the molecule is NCC1CCCN1CC1CC2CCC1C2. The summed E-state index contributed by atoms with van der Waals surface area (Å²) in [4.78, 5) is 2.69. The monoisotopic (exact) mass is 208 g/mol. The summed E-state index contributed by atoms with van der Waals surface area (Å²) in [5, 5.41) is 0. The van der Waals surface area contributed by atoms with Gasteiger partial charge in [0.1, 0.15) is 0 Å². The van der Waals surface area contributed by atoms with Gasteiger partial charge < -0.3 is 5.73 Å². The number of nitrogens with zero attached hydrogens (tertiary/aromatic N) is 1. The lowest BCUT2D eigenvalue weighted by atomic mass is 9.88. The smallest absolute Gasteiger partial charge is 0.0219 e. The summed E-state index contributed by atoms with van der Waals surface area (Å²) >= 11 is 0. The average molecular weight is 208 g/mol. The van der Waals surface area contributed by atoms with E-state index in [1.54, 1.807) is 6.42 Å². The predicted molar refractivity (Wildman–Crippen MR) is 62.6 cm³/mol. The van der Waals surface area contributed by atoms with E-state index in [0.717, 1.165) is 24.3 Å². The van der Waals surface area contributed by atoms with Crippen molar-refractivity contribution in [3.05, 3.63) is 0 Å². The Bertz CT molecular complexity index is 225. The van der Waals surface area contributed by atoms with Crippen LogP contribution in [0.5, 0.6) is 0 Å². The summed E-state index contributed by atoms with van der Waals surface area (Å²) in [6.07, 6.45) is 8.85. The van der Waals surface area contributed by atoms with Gasteiger partial charge in [0.25, 0.3) is 0 Å². The first-order valence-corrected chi connectivity index (χ1v) is 6.81. The third-order valence-electron chi connectivity index (χ3n) is 5.12. The number of likely N-dealkylation sites (tertiary alicyclic amines) is 1. The second-order valence-electron chi connectivity index (χ2n) is 5.96. The van der Waals surface area contributed by atoms with Gasteiger partial charge in [0.2, 0.25) is 0 Å². The molecule has 2 aliphatic carbocycles. The third kappa shape index (κ3) is 1.83. The molecule has 2 saturated carbocycles. The Morgan fingerprint density at radius 2 is 2.07 bits per heavy atom. The van der Waals surface area contributed by atoms with E-state index in [4.69, 9.17) is 5.73 Å². The van der Waals surface area contributed by atoms with Gasteiger partial charge in [-0.25, -0.2) is 0 Å². The van der Waals surface area contributed by atoms with Gasteiger partial charge in [-0.3, -0.25) is 4.90 Å². The maximum absolute atomic E-state index is 5.83. The number of rotatable bonds is 3. The molecular formula is C13H24N2. The van der Waals surface area contributed by atoms with Crippen molar-refractivity contribution < 1.29 is 0 Å². The lowest BCUT2D eigenvalue weighted by Crippen LogP contribution is -2.39. The van der Waals surface area contributed by atoms with Crippen molar-refractivity contribution in [3.8, 4) is 0 Å². The largest absolute Gasteiger partial charge is 0.329 e. The van der Waals surface area contributed by atoms with Gasteiger partial charge >= 0.3 is 0 Å². The van der Waals surface area contributed by atoms with E-state index < -0.39 is 0 Å². The Balaban J connectivity index is 1.56. The Kier molecular flexibility index (Phi) is 2.73. The second-order valence-corrected chi connectivity index (χ2v) is 5.96. The van der Waals surface area contributed by atoms with Gasteiger partial charge in [0, 0.05) is 19.1 Å². The molecule has 4 unspecified atom stereocenters. The van der Waals surface area contributed by atoms with Gasteiger partial charge in [-0.2, -0.15) is 0 Å². The summed E-state index contributed by atoms with van der Waals surface area (Å²) < 4.78 is 0. The maximum Gasteiger partial charge on any atom is 0.0219 e. The van der Waals surface area contributed by atoms with Crippen LogP contribution in [-0.2, 0) is 0 Å². The highest BCUT2D eigenvalue weighted by Crippen LogP contribution is 2.48. The minimum Gasteiger partial charge on any atom is -0.329 e. The molecule has 3 fully saturated rings. The zero-order chi connectivity index (χ0) is 10.3. The van der Waals surface area contributed by atoms with Crippen LogP contribution < -0.4 is 5.73 Å². The molecular weight excluding hydrogens is 184 g/mol. The van der Waals surface area contributed by atoms with Crippen molar-refractivity contribution in [3.63, 3.8) is 0 Å². The molecule has 2 N–H and O–H groups in total. The van der Waals surface area contributed by atoms with E-state index in [2.05, 4.69) is 4.90 Å². The number of nitrogens with two attached hydrogens (primary N) is 1. The van der Waals surface area contributed by atoms with E-state index in [1.165, 1.54) is 45.2 Å². The van der Waals surface area contributed by atoms with Gasteiger partial charge in [0.15, 0.2) is 0 Å². The van der Waals surface area contributed by atoms with Gasteiger partial charge in [-0.1, -0.05) is 6.42 Å². The van der Waals surface area contributed by atoms with Crippen LogP contribution in [0, 0.1) is 17.8 Å². The van der Waals surface area contributed by atoms with Crippen LogP contribution in [0.25, 0.3) is 0 Å². The van der Waals surface area contributed by atoms with Crippen LogP contribution in [0.2, 0.25) is 0 Å². The molecule has 2 bridgehead atoms. The van der Waals surface area contributed by atoms with E-state index in [-0.39, 0.29) is 0 Å². The number of fused-ring (bicyclic) bond motifs is 2. The molecule has 86 valence electrons. The first kappa shape index (κ1) is 10.1. The van der Waals surface area contributed by atoms with Crippen LogP contribution >= 0.6 is 0 Å². The van der Waals surface area contributed by atoms with Crippen LogP contribution in [0.3, 0.4) is 0 Å². The molecule has 2 nitrogen and oxygen atoms in total. The van der Waals surface area contributed by atoms with Crippen molar-refractivity contribution in [1.29, 1.82) is 0 Å². The van der Waals surface area contributed by atoms with Crippen LogP contribution in [0.15, 0.2) is 0 Å². The predicted octanol–water partition coefficient (Wildman–Crippen LogP) is 1.85. The summed E-state index contributed by atoms with van der Waals surface area (Å²) in [5.74, 6) is 3.20. The molecule has 3 rings (SSSR count). The Morgan fingerprint density at radius 1 is 1.13 bits per heavy atom. The summed E-state index contributed by atoms with van der Waals surface area (Å²) in [5.41, 5.74) is 5.83. The molecule has 4 atom stereocenters. The molecule has 15 heavy (non-hydrogen) atoms. The molecule has 1 heterocycles. The quantitative estimate of drug-likeness (QED) is 0.767. The zero-order valence-electron chi connectivity index (χ0n) is 9.70. The van der Waals surface area contributed by atoms with Crippen molar-refractivity contribution >= 4 is 0 Å². The van der Waals surface area contributed by atoms with E-state index in [0.29, 0.717) is 6.04 Å². The molecule has 1 saturated heterocycles. The fourth-order valence-corrected chi connectivity index (χ4v) is 4.30. The lowest BCUT2D eigenvalue weighted by molar-refractivity contribution is 0.180. The molecule has 0 amide bonds. The van der Waals surface area contributed by atoms with Gasteiger partial charge in [0.05, 0.1) is 0 Å². The molecule has 0 spiro atoms. The normalized spacial score (nSPS) is 45.4. The van der Waals surface area contributed by atoms with E-state index >= 15 is 0 Å². The van der Waals surface area contributed by atoms with Crippen molar-refractivity contribution in [2.24, 2.45) is 23.5 Å². The standard InChI is InChI=1S/C13H24N2/c14-8-13-2-1-5-15(13)9-12-7-10-3-4-11(12)6-10/h10-13H,1-9,14H2. The fraction of sp³-hybridized carbons (Fsp3) is 1.00. The molecule has 2 heteroatoms. The van der Waals surface area contributed by atoms with Crippen molar-refractivity contribution in [1.82, 2.24) is 4.90 Å². The van der Waals surface area contributed by atoms with E-state index in [9.17, 15) is 0 Å². The summed E-state index contributed by atoms with van der Waals surface area (Å²) in [6.45, 7) is 3.56. The van der Waals surface area contributed by atoms with Crippen molar-refractivity contribution in [2.45, 2.75) is 44.6 Å². The first-order valence-electron chi connectivity index (χ1n) is 6.81. The topological polar surface area (TPSA) is 29.3 Å². The third-order valence-corrected chi connectivity index (χ3v) is 5.12. The molecule has 0 radical (unpaired) electrons. The molecule has 0 aromatic carbocycles. The van der Waals surface area contributed by atoms with Crippen LogP contribution in [0.1, 0.15) is 38.5 Å². The van der Waals surface area contributed by atoms with Crippen LogP contribution in [-0.4, -0.2) is 30.6 Å². The maximum atomic E-state index is 5.83. The average Bonchev–Trinajstić information content (AvgIpc) is 2.92. The summed E-state index contributed by atoms with van der Waals surface area (Å²) in [7, 11) is 0. The highest BCUT2D eigenvalue weighted by Gasteiger charge is 2.40. The Morgan fingerprint density at radius 3 is 2.73 bits per heavy atom.